The number of hydrogen-bond acceptors (Lipinski definition) is 2. The lowest BCUT2D eigenvalue weighted by Crippen LogP contribution is -2.20. The summed E-state index contributed by atoms with van der Waals surface area (Å²) in [6.07, 6.45) is -1.23. The lowest BCUT2D eigenvalue weighted by molar-refractivity contribution is -0.126. The molecular formula is C9H10BrNO2. The lowest BCUT2D eigenvalue weighted by atomic mass is 10.1. The summed E-state index contributed by atoms with van der Waals surface area (Å²) in [5.41, 5.74) is 6.50. The molecule has 1 rings (SSSR count). The third-order valence-electron chi connectivity index (χ3n) is 1.78. The molecule has 0 aromatic heterocycles. The monoisotopic (exact) mass is 243 g/mol. The number of primary amides is 1. The Bertz CT molecular complexity index is 338. The number of aliphatic hydroxyl groups excluding tert-OH is 1. The maximum atomic E-state index is 10.7. The van der Waals surface area contributed by atoms with E-state index >= 15 is 0 Å². The Morgan fingerprint density at radius 1 is 1.62 bits per heavy atom. The molecule has 0 radical (unpaired) electrons. The van der Waals surface area contributed by atoms with Gasteiger partial charge in [0, 0.05) is 4.47 Å². The van der Waals surface area contributed by atoms with Crippen molar-refractivity contribution in [2.24, 2.45) is 5.73 Å². The van der Waals surface area contributed by atoms with Gasteiger partial charge in [-0.15, -0.1) is 0 Å². The van der Waals surface area contributed by atoms with Gasteiger partial charge in [0.1, 0.15) is 0 Å². The van der Waals surface area contributed by atoms with Gasteiger partial charge in [0.15, 0.2) is 6.10 Å². The first-order valence-corrected chi connectivity index (χ1v) is 4.55. The number of rotatable bonds is 2. The zero-order valence-corrected chi connectivity index (χ0v) is 8.71. The van der Waals surface area contributed by atoms with E-state index in [2.05, 4.69) is 15.9 Å². The minimum absolute atomic E-state index is 0.505. The highest BCUT2D eigenvalue weighted by Gasteiger charge is 2.13. The first-order chi connectivity index (χ1) is 6.02. The molecule has 0 aliphatic heterocycles. The number of aliphatic hydroxyl groups is 1. The van der Waals surface area contributed by atoms with E-state index in [1.165, 1.54) is 0 Å². The fraction of sp³-hybridized carbons (Fsp3) is 0.222. The van der Waals surface area contributed by atoms with Crippen molar-refractivity contribution in [3.63, 3.8) is 0 Å². The molecule has 0 aliphatic rings. The second-order valence-electron chi connectivity index (χ2n) is 2.81. The Hall–Kier alpha value is -0.870. The molecule has 0 bridgehead atoms. The molecule has 13 heavy (non-hydrogen) atoms. The molecule has 0 heterocycles. The van der Waals surface area contributed by atoms with Crippen LogP contribution in [0.3, 0.4) is 0 Å². The van der Waals surface area contributed by atoms with Crippen LogP contribution < -0.4 is 5.73 Å². The number of halogens is 1. The molecule has 0 saturated heterocycles. The average molecular weight is 244 g/mol. The summed E-state index contributed by atoms with van der Waals surface area (Å²) in [5.74, 6) is -0.740. The van der Waals surface area contributed by atoms with Gasteiger partial charge in [-0.2, -0.15) is 0 Å². The molecule has 1 atom stereocenters. The van der Waals surface area contributed by atoms with E-state index in [0.717, 1.165) is 10.0 Å². The third kappa shape index (κ3) is 2.29. The van der Waals surface area contributed by atoms with Crippen LogP contribution in [0, 0.1) is 6.92 Å². The standard InChI is InChI=1S/C9H10BrNO2/c1-5-2-3-6(4-7(5)10)8(12)9(11)13/h2-4,8,12H,1H3,(H2,11,13). The number of carbonyl (C=O) groups is 1. The van der Waals surface area contributed by atoms with Crippen LogP contribution in [0.5, 0.6) is 0 Å². The highest BCUT2D eigenvalue weighted by molar-refractivity contribution is 9.10. The van der Waals surface area contributed by atoms with E-state index in [4.69, 9.17) is 5.73 Å². The van der Waals surface area contributed by atoms with Crippen LogP contribution in [0.4, 0.5) is 0 Å². The number of nitrogens with two attached hydrogens (primary N) is 1. The van der Waals surface area contributed by atoms with Gasteiger partial charge in [-0.05, 0) is 24.1 Å². The van der Waals surface area contributed by atoms with Crippen molar-refractivity contribution < 1.29 is 9.90 Å². The summed E-state index contributed by atoms with van der Waals surface area (Å²) >= 11 is 3.30. The first-order valence-electron chi connectivity index (χ1n) is 3.76. The zero-order chi connectivity index (χ0) is 10.0. The number of aryl methyl sites for hydroxylation is 1. The topological polar surface area (TPSA) is 63.3 Å². The van der Waals surface area contributed by atoms with E-state index < -0.39 is 12.0 Å². The molecule has 0 fully saturated rings. The van der Waals surface area contributed by atoms with Crippen molar-refractivity contribution >= 4 is 21.8 Å². The number of carbonyl (C=O) groups excluding carboxylic acids is 1. The van der Waals surface area contributed by atoms with Crippen LogP contribution in [-0.2, 0) is 4.79 Å². The molecular weight excluding hydrogens is 234 g/mol. The second kappa shape index (κ2) is 3.89. The van der Waals surface area contributed by atoms with Gasteiger partial charge in [0.25, 0.3) is 5.91 Å². The highest BCUT2D eigenvalue weighted by Crippen LogP contribution is 2.21. The summed E-state index contributed by atoms with van der Waals surface area (Å²) in [4.78, 5) is 10.7. The summed E-state index contributed by atoms with van der Waals surface area (Å²) in [7, 11) is 0. The molecule has 1 unspecified atom stereocenters. The van der Waals surface area contributed by atoms with Crippen LogP contribution >= 0.6 is 15.9 Å². The summed E-state index contributed by atoms with van der Waals surface area (Å²) in [6.45, 7) is 1.92. The van der Waals surface area contributed by atoms with Crippen molar-refractivity contribution in [2.75, 3.05) is 0 Å². The predicted octanol–water partition coefficient (Wildman–Crippen LogP) is 1.28. The highest BCUT2D eigenvalue weighted by atomic mass is 79.9. The van der Waals surface area contributed by atoms with Crippen molar-refractivity contribution in [1.82, 2.24) is 0 Å². The van der Waals surface area contributed by atoms with E-state index in [1.54, 1.807) is 12.1 Å². The molecule has 0 aliphatic carbocycles. The molecule has 1 aromatic carbocycles. The lowest BCUT2D eigenvalue weighted by Gasteiger charge is -2.07. The fourth-order valence-corrected chi connectivity index (χ4v) is 1.34. The molecule has 1 aromatic rings. The first kappa shape index (κ1) is 10.2. The van der Waals surface area contributed by atoms with Crippen LogP contribution in [0.2, 0.25) is 0 Å². The molecule has 0 spiro atoms. The van der Waals surface area contributed by atoms with Crippen molar-refractivity contribution in [3.8, 4) is 0 Å². The Balaban J connectivity index is 3.03. The smallest absolute Gasteiger partial charge is 0.250 e. The molecule has 0 saturated carbocycles. The number of amides is 1. The van der Waals surface area contributed by atoms with E-state index in [-0.39, 0.29) is 0 Å². The fourth-order valence-electron chi connectivity index (χ4n) is 0.943. The van der Waals surface area contributed by atoms with Gasteiger partial charge in [-0.25, -0.2) is 0 Å². The maximum absolute atomic E-state index is 10.7. The average Bonchev–Trinajstić information content (AvgIpc) is 2.08. The Morgan fingerprint density at radius 3 is 2.69 bits per heavy atom. The third-order valence-corrected chi connectivity index (χ3v) is 2.64. The van der Waals surface area contributed by atoms with Gasteiger partial charge < -0.3 is 10.8 Å². The summed E-state index contributed by atoms with van der Waals surface area (Å²) in [6, 6.07) is 5.17. The second-order valence-corrected chi connectivity index (χ2v) is 3.67. The van der Waals surface area contributed by atoms with Crippen LogP contribution in [0.15, 0.2) is 22.7 Å². The predicted molar refractivity (Wildman–Crippen MR) is 53.0 cm³/mol. The number of hydrogen-bond donors (Lipinski definition) is 2. The van der Waals surface area contributed by atoms with Crippen LogP contribution in [0.1, 0.15) is 17.2 Å². The van der Waals surface area contributed by atoms with Gasteiger partial charge in [0.2, 0.25) is 0 Å². The quantitative estimate of drug-likeness (QED) is 0.822. The molecule has 4 heteroatoms. The van der Waals surface area contributed by atoms with E-state index in [9.17, 15) is 9.90 Å². The minimum atomic E-state index is -1.23. The molecule has 1 amide bonds. The zero-order valence-electron chi connectivity index (χ0n) is 7.12. The van der Waals surface area contributed by atoms with E-state index in [1.807, 2.05) is 13.0 Å². The Morgan fingerprint density at radius 2 is 2.23 bits per heavy atom. The van der Waals surface area contributed by atoms with Gasteiger partial charge in [0.05, 0.1) is 0 Å². The van der Waals surface area contributed by atoms with Gasteiger partial charge in [-0.1, -0.05) is 28.1 Å². The molecule has 70 valence electrons. The van der Waals surface area contributed by atoms with Crippen molar-refractivity contribution in [3.05, 3.63) is 33.8 Å². The van der Waals surface area contributed by atoms with Crippen LogP contribution in [0.25, 0.3) is 0 Å². The number of benzene rings is 1. The largest absolute Gasteiger partial charge is 0.378 e. The summed E-state index contributed by atoms with van der Waals surface area (Å²) < 4.78 is 0.852. The normalized spacial score (nSPS) is 12.5. The Kier molecular flexibility index (Phi) is 3.06. The van der Waals surface area contributed by atoms with E-state index in [0.29, 0.717) is 5.56 Å². The van der Waals surface area contributed by atoms with Crippen molar-refractivity contribution in [2.45, 2.75) is 13.0 Å². The molecule has 3 N–H and O–H groups in total. The van der Waals surface area contributed by atoms with Gasteiger partial charge in [-0.3, -0.25) is 4.79 Å². The SMILES string of the molecule is Cc1ccc(C(O)C(N)=O)cc1Br. The van der Waals surface area contributed by atoms with Crippen LogP contribution in [-0.4, -0.2) is 11.0 Å². The maximum Gasteiger partial charge on any atom is 0.250 e. The Labute approximate surface area is 84.7 Å². The summed E-state index contributed by atoms with van der Waals surface area (Å²) in [5, 5.41) is 9.32. The molecule has 3 nitrogen and oxygen atoms in total. The minimum Gasteiger partial charge on any atom is -0.378 e. The van der Waals surface area contributed by atoms with Crippen molar-refractivity contribution in [1.29, 1.82) is 0 Å². The van der Waals surface area contributed by atoms with Gasteiger partial charge >= 0.3 is 0 Å².